The second-order valence-electron chi connectivity index (χ2n) is 4.05. The third-order valence-corrected chi connectivity index (χ3v) is 2.31. The van der Waals surface area contributed by atoms with Crippen molar-refractivity contribution in [3.8, 4) is 5.75 Å². The summed E-state index contributed by atoms with van der Waals surface area (Å²) in [4.78, 5) is 20.2. The average molecular weight is 305 g/mol. The molecule has 1 aromatic rings. The van der Waals surface area contributed by atoms with Crippen molar-refractivity contribution in [2.24, 2.45) is 0 Å². The maximum absolute atomic E-state index is 12.5. The first-order chi connectivity index (χ1) is 9.61. The first-order valence-electron chi connectivity index (χ1n) is 5.50. The molecule has 1 N–H and O–H groups in total. The SMILES string of the molecule is C/C(=C/C(=O)O)COc1ccc(C(F)(F)F)cc1[N+](=O)[O-]. The fraction of sp³-hybridized carbons (Fsp3) is 0.250. The predicted molar refractivity (Wildman–Crippen MR) is 65.0 cm³/mol. The summed E-state index contributed by atoms with van der Waals surface area (Å²) in [7, 11) is 0. The van der Waals surface area contributed by atoms with Gasteiger partial charge >= 0.3 is 17.8 Å². The number of carboxylic acids is 1. The van der Waals surface area contributed by atoms with Gasteiger partial charge in [-0.3, -0.25) is 10.1 Å². The third-order valence-electron chi connectivity index (χ3n) is 2.31. The van der Waals surface area contributed by atoms with Gasteiger partial charge in [-0.2, -0.15) is 13.2 Å². The summed E-state index contributed by atoms with van der Waals surface area (Å²) < 4.78 is 42.4. The number of nitro groups is 1. The molecule has 0 bridgehead atoms. The van der Waals surface area contributed by atoms with Crippen LogP contribution >= 0.6 is 0 Å². The molecule has 0 aliphatic heterocycles. The summed E-state index contributed by atoms with van der Waals surface area (Å²) in [6.45, 7) is 1.11. The number of benzene rings is 1. The average Bonchev–Trinajstić information content (AvgIpc) is 2.34. The van der Waals surface area contributed by atoms with Crippen LogP contribution in [-0.4, -0.2) is 22.6 Å². The summed E-state index contributed by atoms with van der Waals surface area (Å²) in [6, 6.07) is 1.85. The highest BCUT2D eigenvalue weighted by atomic mass is 19.4. The highest BCUT2D eigenvalue weighted by Crippen LogP contribution is 2.36. The van der Waals surface area contributed by atoms with Crippen LogP contribution in [0.25, 0.3) is 0 Å². The Labute approximate surface area is 116 Å². The summed E-state index contributed by atoms with van der Waals surface area (Å²) in [5, 5.41) is 19.3. The molecule has 0 amide bonds. The molecule has 0 aliphatic rings. The van der Waals surface area contributed by atoms with Crippen LogP contribution in [0.2, 0.25) is 0 Å². The van der Waals surface area contributed by atoms with Gasteiger partial charge in [-0.05, 0) is 24.6 Å². The molecule has 0 aliphatic carbocycles. The molecule has 114 valence electrons. The molecular weight excluding hydrogens is 295 g/mol. The van der Waals surface area contributed by atoms with Crippen LogP contribution in [0.4, 0.5) is 18.9 Å². The van der Waals surface area contributed by atoms with E-state index in [9.17, 15) is 28.1 Å². The maximum atomic E-state index is 12.5. The normalized spacial score (nSPS) is 12.1. The van der Waals surface area contributed by atoms with Gasteiger partial charge in [0.15, 0.2) is 5.75 Å². The number of rotatable bonds is 5. The summed E-state index contributed by atoms with van der Waals surface area (Å²) in [6.07, 6.45) is -3.88. The lowest BCUT2D eigenvalue weighted by molar-refractivity contribution is -0.386. The van der Waals surface area contributed by atoms with E-state index in [0.717, 1.165) is 12.1 Å². The molecule has 0 aromatic heterocycles. The van der Waals surface area contributed by atoms with E-state index in [2.05, 4.69) is 0 Å². The molecule has 0 saturated heterocycles. The number of halogens is 3. The predicted octanol–water partition coefficient (Wildman–Crippen LogP) is 3.02. The zero-order valence-electron chi connectivity index (χ0n) is 10.7. The second-order valence-corrected chi connectivity index (χ2v) is 4.05. The van der Waals surface area contributed by atoms with Crippen LogP contribution in [0.15, 0.2) is 29.8 Å². The molecule has 0 saturated carbocycles. The third kappa shape index (κ3) is 4.79. The molecule has 0 radical (unpaired) electrons. The van der Waals surface area contributed by atoms with Crippen molar-refractivity contribution in [3.63, 3.8) is 0 Å². The molecule has 1 aromatic carbocycles. The van der Waals surface area contributed by atoms with Gasteiger partial charge in [-0.1, -0.05) is 0 Å². The number of hydrogen-bond donors (Lipinski definition) is 1. The van der Waals surface area contributed by atoms with E-state index in [4.69, 9.17) is 9.84 Å². The van der Waals surface area contributed by atoms with Gasteiger partial charge in [-0.25, -0.2) is 4.79 Å². The van der Waals surface area contributed by atoms with Gasteiger partial charge in [0.05, 0.1) is 10.5 Å². The van der Waals surface area contributed by atoms with Crippen molar-refractivity contribution in [2.45, 2.75) is 13.1 Å². The number of nitrogens with zero attached hydrogens (tertiary/aromatic N) is 1. The number of nitro benzene ring substituents is 1. The van der Waals surface area contributed by atoms with E-state index in [0.29, 0.717) is 12.1 Å². The van der Waals surface area contributed by atoms with Crippen LogP contribution in [0.5, 0.6) is 5.75 Å². The van der Waals surface area contributed by atoms with E-state index < -0.39 is 28.3 Å². The number of carbonyl (C=O) groups is 1. The minimum atomic E-state index is -4.71. The van der Waals surface area contributed by atoms with Crippen molar-refractivity contribution in [1.29, 1.82) is 0 Å². The molecule has 0 spiro atoms. The largest absolute Gasteiger partial charge is 0.482 e. The van der Waals surface area contributed by atoms with Crippen molar-refractivity contribution in [3.05, 3.63) is 45.5 Å². The van der Waals surface area contributed by atoms with Gasteiger partial charge in [0.25, 0.3) is 0 Å². The number of carboxylic acid groups (broad SMARTS) is 1. The number of alkyl halides is 3. The standard InChI is InChI=1S/C12H10F3NO5/c1-7(4-11(17)18)6-21-10-3-2-8(12(13,14)15)5-9(10)16(19)20/h2-5H,6H2,1H3,(H,17,18)/b7-4-. The van der Waals surface area contributed by atoms with Gasteiger partial charge < -0.3 is 9.84 Å². The molecule has 9 heteroatoms. The van der Waals surface area contributed by atoms with Crippen LogP contribution in [0.3, 0.4) is 0 Å². The van der Waals surface area contributed by atoms with E-state index in [1.807, 2.05) is 0 Å². The minimum Gasteiger partial charge on any atom is -0.482 e. The van der Waals surface area contributed by atoms with E-state index in [1.54, 1.807) is 0 Å². The first-order valence-corrected chi connectivity index (χ1v) is 5.50. The molecule has 0 atom stereocenters. The lowest BCUT2D eigenvalue weighted by Crippen LogP contribution is -2.08. The number of aliphatic carboxylic acids is 1. The lowest BCUT2D eigenvalue weighted by Gasteiger charge is -2.10. The van der Waals surface area contributed by atoms with Gasteiger partial charge in [0.2, 0.25) is 0 Å². The monoisotopic (exact) mass is 305 g/mol. The zero-order valence-corrected chi connectivity index (χ0v) is 10.7. The highest BCUT2D eigenvalue weighted by Gasteiger charge is 2.33. The quantitative estimate of drug-likeness (QED) is 0.513. The fourth-order valence-corrected chi connectivity index (χ4v) is 1.40. The Balaban J connectivity index is 3.03. The fourth-order valence-electron chi connectivity index (χ4n) is 1.40. The topological polar surface area (TPSA) is 89.7 Å². The Morgan fingerprint density at radius 1 is 1.48 bits per heavy atom. The maximum Gasteiger partial charge on any atom is 0.416 e. The smallest absolute Gasteiger partial charge is 0.416 e. The first kappa shape index (κ1) is 16.5. The van der Waals surface area contributed by atoms with Gasteiger partial charge in [0.1, 0.15) is 6.61 Å². The summed E-state index contributed by atoms with van der Waals surface area (Å²) >= 11 is 0. The molecular formula is C12H10F3NO5. The molecule has 0 heterocycles. The molecule has 1 rings (SSSR count). The Bertz CT molecular complexity index is 595. The zero-order chi connectivity index (χ0) is 16.2. The Morgan fingerprint density at radius 2 is 2.10 bits per heavy atom. The van der Waals surface area contributed by atoms with Gasteiger partial charge in [0, 0.05) is 12.1 Å². The van der Waals surface area contributed by atoms with Crippen molar-refractivity contribution < 1.29 is 32.7 Å². The van der Waals surface area contributed by atoms with E-state index >= 15 is 0 Å². The molecule has 21 heavy (non-hydrogen) atoms. The second kappa shape index (κ2) is 6.25. The Kier molecular flexibility index (Phi) is 4.90. The Morgan fingerprint density at radius 3 is 2.57 bits per heavy atom. The lowest BCUT2D eigenvalue weighted by atomic mass is 10.2. The van der Waals surface area contributed by atoms with Crippen LogP contribution in [0.1, 0.15) is 12.5 Å². The van der Waals surface area contributed by atoms with Crippen LogP contribution < -0.4 is 4.74 Å². The van der Waals surface area contributed by atoms with Crippen LogP contribution in [0, 0.1) is 10.1 Å². The van der Waals surface area contributed by atoms with Crippen LogP contribution in [-0.2, 0) is 11.0 Å². The molecule has 6 nitrogen and oxygen atoms in total. The highest BCUT2D eigenvalue weighted by molar-refractivity contribution is 5.80. The summed E-state index contributed by atoms with van der Waals surface area (Å²) in [5.74, 6) is -1.59. The van der Waals surface area contributed by atoms with E-state index in [1.165, 1.54) is 6.92 Å². The van der Waals surface area contributed by atoms with Crippen molar-refractivity contribution in [1.82, 2.24) is 0 Å². The minimum absolute atomic E-state index is 0.247. The summed E-state index contributed by atoms with van der Waals surface area (Å²) in [5.41, 5.74) is -1.76. The molecule has 0 fully saturated rings. The van der Waals surface area contributed by atoms with E-state index in [-0.39, 0.29) is 17.9 Å². The number of hydrogen-bond acceptors (Lipinski definition) is 4. The molecule has 0 unspecified atom stereocenters. The van der Waals surface area contributed by atoms with Crippen molar-refractivity contribution >= 4 is 11.7 Å². The number of ether oxygens (including phenoxy) is 1. The van der Waals surface area contributed by atoms with Crippen molar-refractivity contribution in [2.75, 3.05) is 6.61 Å². The Hall–Kier alpha value is -2.58. The van der Waals surface area contributed by atoms with Gasteiger partial charge in [-0.15, -0.1) is 0 Å².